The van der Waals surface area contributed by atoms with Crippen molar-refractivity contribution in [2.75, 3.05) is 17.7 Å². The van der Waals surface area contributed by atoms with Gasteiger partial charge in [-0.25, -0.2) is 0 Å². The molecule has 0 unspecified atom stereocenters. The minimum absolute atomic E-state index is 0.478. The molecule has 6 heteroatoms. The molecule has 0 amide bonds. The van der Waals surface area contributed by atoms with E-state index < -0.39 is 0 Å². The molecular formula is C12H17N5O. The van der Waals surface area contributed by atoms with Crippen LogP contribution in [0.3, 0.4) is 0 Å². The van der Waals surface area contributed by atoms with Crippen molar-refractivity contribution < 1.29 is 4.74 Å². The fourth-order valence-electron chi connectivity index (χ4n) is 1.43. The van der Waals surface area contributed by atoms with Crippen LogP contribution in [0.4, 0.5) is 11.5 Å². The smallest absolute Gasteiger partial charge is 0.239 e. The highest BCUT2D eigenvalue weighted by atomic mass is 16.5. The van der Waals surface area contributed by atoms with Crippen LogP contribution in [0.1, 0.15) is 19.0 Å². The number of hydrogen-bond donors (Lipinski definition) is 3. The van der Waals surface area contributed by atoms with Gasteiger partial charge in [0, 0.05) is 6.20 Å². The molecule has 2 aromatic heterocycles. The first kappa shape index (κ1) is 12.2. The number of aromatic nitrogens is 3. The van der Waals surface area contributed by atoms with Crippen molar-refractivity contribution in [1.82, 2.24) is 15.2 Å². The summed E-state index contributed by atoms with van der Waals surface area (Å²) in [5.74, 6) is 1.20. The van der Waals surface area contributed by atoms with E-state index in [4.69, 9.17) is 10.5 Å². The first-order valence-electron chi connectivity index (χ1n) is 5.91. The number of aromatic amines is 1. The molecule has 0 radical (unpaired) electrons. The normalized spacial score (nSPS) is 10.3. The first-order chi connectivity index (χ1) is 8.79. The van der Waals surface area contributed by atoms with Gasteiger partial charge in [0.05, 0.1) is 24.5 Å². The average molecular weight is 247 g/mol. The monoisotopic (exact) mass is 247 g/mol. The summed E-state index contributed by atoms with van der Waals surface area (Å²) >= 11 is 0. The van der Waals surface area contributed by atoms with Gasteiger partial charge in [0.15, 0.2) is 0 Å². The summed E-state index contributed by atoms with van der Waals surface area (Å²) in [7, 11) is 0. The fourth-order valence-corrected chi connectivity index (χ4v) is 1.43. The maximum absolute atomic E-state index is 5.79. The summed E-state index contributed by atoms with van der Waals surface area (Å²) in [5, 5.41) is 9.92. The Morgan fingerprint density at radius 2 is 2.28 bits per heavy atom. The Labute approximate surface area is 106 Å². The quantitative estimate of drug-likeness (QED) is 0.724. The molecule has 2 aromatic rings. The van der Waals surface area contributed by atoms with E-state index in [2.05, 4.69) is 20.5 Å². The Balaban J connectivity index is 2.00. The zero-order valence-corrected chi connectivity index (χ0v) is 10.3. The van der Waals surface area contributed by atoms with Gasteiger partial charge in [0.2, 0.25) is 5.88 Å². The molecule has 0 atom stereocenters. The maximum atomic E-state index is 5.79. The van der Waals surface area contributed by atoms with Crippen molar-refractivity contribution in [3.63, 3.8) is 0 Å². The van der Waals surface area contributed by atoms with Crippen molar-refractivity contribution in [1.29, 1.82) is 0 Å². The Morgan fingerprint density at radius 3 is 3.00 bits per heavy atom. The number of nitrogen functional groups attached to an aromatic ring is 1. The largest absolute Gasteiger partial charge is 0.476 e. The lowest BCUT2D eigenvalue weighted by Gasteiger charge is -2.09. The van der Waals surface area contributed by atoms with E-state index in [0.29, 0.717) is 24.7 Å². The highest BCUT2D eigenvalue weighted by Crippen LogP contribution is 2.21. The molecule has 96 valence electrons. The van der Waals surface area contributed by atoms with Crippen LogP contribution in [-0.4, -0.2) is 21.8 Å². The maximum Gasteiger partial charge on any atom is 0.239 e. The third-order valence-electron chi connectivity index (χ3n) is 2.35. The summed E-state index contributed by atoms with van der Waals surface area (Å²) in [5.41, 5.74) is 7.33. The topological polar surface area (TPSA) is 88.8 Å². The zero-order chi connectivity index (χ0) is 12.8. The number of hydrogen-bond acceptors (Lipinski definition) is 5. The van der Waals surface area contributed by atoms with E-state index in [9.17, 15) is 0 Å². The van der Waals surface area contributed by atoms with E-state index in [0.717, 1.165) is 17.9 Å². The third-order valence-corrected chi connectivity index (χ3v) is 2.35. The van der Waals surface area contributed by atoms with Crippen LogP contribution in [0.5, 0.6) is 5.88 Å². The van der Waals surface area contributed by atoms with Crippen LogP contribution in [0, 0.1) is 0 Å². The molecule has 18 heavy (non-hydrogen) atoms. The number of ether oxygens (including phenoxy) is 1. The van der Waals surface area contributed by atoms with E-state index in [1.54, 1.807) is 12.3 Å². The van der Waals surface area contributed by atoms with Gasteiger partial charge in [-0.3, -0.25) is 5.10 Å². The lowest BCUT2D eigenvalue weighted by Crippen LogP contribution is -2.06. The van der Waals surface area contributed by atoms with Gasteiger partial charge in [-0.1, -0.05) is 6.92 Å². The first-order valence-corrected chi connectivity index (χ1v) is 5.91. The summed E-state index contributed by atoms with van der Waals surface area (Å²) in [6.07, 6.45) is 2.64. The van der Waals surface area contributed by atoms with Gasteiger partial charge >= 0.3 is 0 Å². The molecule has 2 heterocycles. The summed E-state index contributed by atoms with van der Waals surface area (Å²) in [6.45, 7) is 3.28. The highest BCUT2D eigenvalue weighted by molar-refractivity contribution is 5.53. The van der Waals surface area contributed by atoms with E-state index >= 15 is 0 Å². The molecule has 0 bridgehead atoms. The van der Waals surface area contributed by atoms with Crippen molar-refractivity contribution in [3.05, 3.63) is 30.1 Å². The van der Waals surface area contributed by atoms with Gasteiger partial charge in [0.25, 0.3) is 0 Å². The molecule has 0 aliphatic rings. The zero-order valence-electron chi connectivity index (χ0n) is 10.3. The van der Waals surface area contributed by atoms with Crippen LogP contribution in [0.2, 0.25) is 0 Å². The number of nitrogens with zero attached hydrogens (tertiary/aromatic N) is 2. The van der Waals surface area contributed by atoms with Crippen molar-refractivity contribution in [2.24, 2.45) is 0 Å². The van der Waals surface area contributed by atoms with Crippen LogP contribution < -0.4 is 15.8 Å². The van der Waals surface area contributed by atoms with Gasteiger partial charge in [-0.05, 0) is 24.6 Å². The molecule has 0 spiro atoms. The number of rotatable bonds is 6. The molecule has 2 rings (SSSR count). The molecule has 4 N–H and O–H groups in total. The van der Waals surface area contributed by atoms with Gasteiger partial charge in [-0.2, -0.15) is 10.1 Å². The molecule has 0 aliphatic heterocycles. The van der Waals surface area contributed by atoms with Crippen molar-refractivity contribution >= 4 is 11.5 Å². The van der Waals surface area contributed by atoms with Gasteiger partial charge in [0.1, 0.15) is 5.82 Å². The predicted octanol–water partition coefficient (Wildman–Crippen LogP) is 1.79. The van der Waals surface area contributed by atoms with Gasteiger partial charge < -0.3 is 15.8 Å². The Kier molecular flexibility index (Phi) is 4.01. The van der Waals surface area contributed by atoms with Crippen LogP contribution in [-0.2, 0) is 6.54 Å². The lowest BCUT2D eigenvalue weighted by atomic mass is 10.3. The molecule has 0 aliphatic carbocycles. The number of nitrogens with two attached hydrogens (primary N) is 1. The predicted molar refractivity (Wildman–Crippen MR) is 70.3 cm³/mol. The molecule has 0 saturated carbocycles. The van der Waals surface area contributed by atoms with Crippen molar-refractivity contribution in [2.45, 2.75) is 19.9 Å². The SMILES string of the molecule is CCCOc1nc(NCc2ccn[nH]2)ccc1N. The van der Waals surface area contributed by atoms with Crippen LogP contribution >= 0.6 is 0 Å². The van der Waals surface area contributed by atoms with E-state index in [-0.39, 0.29) is 0 Å². The number of pyridine rings is 1. The Bertz CT molecular complexity index is 483. The summed E-state index contributed by atoms with van der Waals surface area (Å²) in [6, 6.07) is 5.51. The van der Waals surface area contributed by atoms with Gasteiger partial charge in [-0.15, -0.1) is 0 Å². The molecule has 0 saturated heterocycles. The number of nitrogens with one attached hydrogen (secondary N) is 2. The molecule has 0 fully saturated rings. The second-order valence-corrected chi connectivity index (χ2v) is 3.87. The summed E-state index contributed by atoms with van der Waals surface area (Å²) in [4.78, 5) is 4.32. The molecule has 0 aromatic carbocycles. The Morgan fingerprint density at radius 1 is 1.39 bits per heavy atom. The van der Waals surface area contributed by atoms with E-state index in [1.807, 2.05) is 19.1 Å². The van der Waals surface area contributed by atoms with Crippen molar-refractivity contribution in [3.8, 4) is 5.88 Å². The highest BCUT2D eigenvalue weighted by Gasteiger charge is 2.04. The second kappa shape index (κ2) is 5.90. The average Bonchev–Trinajstić information content (AvgIpc) is 2.89. The molecular weight excluding hydrogens is 230 g/mol. The fraction of sp³-hybridized carbons (Fsp3) is 0.333. The van der Waals surface area contributed by atoms with Crippen LogP contribution in [0.15, 0.2) is 24.4 Å². The number of anilines is 2. The standard InChI is InChI=1S/C12H17N5O/c1-2-7-18-12-10(13)3-4-11(16-12)14-8-9-5-6-15-17-9/h3-6H,2,7-8,13H2,1H3,(H,14,16)(H,15,17). The van der Waals surface area contributed by atoms with E-state index in [1.165, 1.54) is 0 Å². The third kappa shape index (κ3) is 3.13. The minimum atomic E-state index is 0.478. The Hall–Kier alpha value is -2.24. The lowest BCUT2D eigenvalue weighted by molar-refractivity contribution is 0.307. The number of H-pyrrole nitrogens is 1. The minimum Gasteiger partial charge on any atom is -0.476 e. The summed E-state index contributed by atoms with van der Waals surface area (Å²) < 4.78 is 5.47. The molecule has 6 nitrogen and oxygen atoms in total. The second-order valence-electron chi connectivity index (χ2n) is 3.87. The van der Waals surface area contributed by atoms with Crippen LogP contribution in [0.25, 0.3) is 0 Å².